The lowest BCUT2D eigenvalue weighted by Gasteiger charge is -2.15. The summed E-state index contributed by atoms with van der Waals surface area (Å²) in [7, 11) is 1.94. The van der Waals surface area contributed by atoms with Crippen LogP contribution in [0.1, 0.15) is 34.6 Å². The molecule has 0 saturated carbocycles. The van der Waals surface area contributed by atoms with Gasteiger partial charge in [0.2, 0.25) is 0 Å². The van der Waals surface area contributed by atoms with Crippen LogP contribution in [0.3, 0.4) is 0 Å². The molecule has 0 aliphatic heterocycles. The van der Waals surface area contributed by atoms with Gasteiger partial charge >= 0.3 is 0 Å². The van der Waals surface area contributed by atoms with Crippen molar-refractivity contribution in [3.8, 4) is 0 Å². The molecule has 0 fully saturated rings. The molecular formula is C21H28N6OS. The number of guanidine groups is 1. The van der Waals surface area contributed by atoms with Crippen LogP contribution < -0.4 is 10.6 Å². The maximum absolute atomic E-state index is 10.4. The van der Waals surface area contributed by atoms with E-state index in [0.29, 0.717) is 25.5 Å². The van der Waals surface area contributed by atoms with Crippen molar-refractivity contribution in [1.82, 2.24) is 25.4 Å². The number of hydrogen-bond donors (Lipinski definition) is 3. The second-order valence-electron chi connectivity index (χ2n) is 6.79. The van der Waals surface area contributed by atoms with Crippen LogP contribution in [-0.4, -0.2) is 38.9 Å². The Morgan fingerprint density at radius 1 is 1.14 bits per heavy atom. The summed E-state index contributed by atoms with van der Waals surface area (Å²) in [5.41, 5.74) is 0.924. The highest BCUT2D eigenvalue weighted by Crippen LogP contribution is 2.14. The quantitative estimate of drug-likeness (QED) is 0.371. The number of thiophene rings is 1. The number of aliphatic hydroxyl groups excluding tert-OH is 1. The van der Waals surface area contributed by atoms with Crippen molar-refractivity contribution in [2.24, 2.45) is 12.0 Å². The molecule has 0 bridgehead atoms. The normalized spacial score (nSPS) is 12.7. The number of aliphatic imine (C=N–C) groups is 1. The van der Waals surface area contributed by atoms with Crippen LogP contribution in [0.25, 0.3) is 0 Å². The molecule has 0 radical (unpaired) electrons. The molecule has 3 N–H and O–H groups in total. The number of hydrogen-bond acceptors (Lipinski definition) is 5. The van der Waals surface area contributed by atoms with Crippen LogP contribution in [-0.2, 0) is 20.0 Å². The molecule has 2 heterocycles. The van der Waals surface area contributed by atoms with Gasteiger partial charge in [0.05, 0.1) is 6.10 Å². The lowest BCUT2D eigenvalue weighted by atomic mass is 10.1. The Morgan fingerprint density at radius 3 is 2.62 bits per heavy atom. The van der Waals surface area contributed by atoms with Gasteiger partial charge in [-0.3, -0.25) is 0 Å². The molecule has 29 heavy (non-hydrogen) atoms. The van der Waals surface area contributed by atoms with Crippen molar-refractivity contribution in [1.29, 1.82) is 0 Å². The van der Waals surface area contributed by atoms with Crippen molar-refractivity contribution < 1.29 is 5.11 Å². The second kappa shape index (κ2) is 10.7. The molecular weight excluding hydrogens is 384 g/mol. The third-order valence-electron chi connectivity index (χ3n) is 4.70. The molecule has 8 heteroatoms. The first-order valence-electron chi connectivity index (χ1n) is 9.76. The zero-order valence-electron chi connectivity index (χ0n) is 16.9. The fraction of sp³-hybridized carbons (Fsp3) is 0.381. The van der Waals surface area contributed by atoms with Crippen LogP contribution in [0.2, 0.25) is 0 Å². The second-order valence-corrected chi connectivity index (χ2v) is 7.82. The molecule has 1 atom stereocenters. The Kier molecular flexibility index (Phi) is 7.77. The maximum atomic E-state index is 10.4. The minimum atomic E-state index is -0.502. The van der Waals surface area contributed by atoms with Gasteiger partial charge in [0.25, 0.3) is 0 Å². The Morgan fingerprint density at radius 2 is 1.93 bits per heavy atom. The number of rotatable bonds is 9. The van der Waals surface area contributed by atoms with E-state index >= 15 is 0 Å². The monoisotopic (exact) mass is 412 g/mol. The van der Waals surface area contributed by atoms with E-state index in [1.54, 1.807) is 11.3 Å². The number of benzene rings is 1. The number of aliphatic hydroxyl groups is 1. The van der Waals surface area contributed by atoms with Crippen LogP contribution >= 0.6 is 11.3 Å². The van der Waals surface area contributed by atoms with E-state index in [1.165, 1.54) is 4.88 Å². The Hall–Kier alpha value is -2.71. The number of nitrogens with zero attached hydrogens (tertiary/aromatic N) is 4. The smallest absolute Gasteiger partial charge is 0.191 e. The van der Waals surface area contributed by atoms with Gasteiger partial charge in [-0.05, 0) is 36.8 Å². The zero-order chi connectivity index (χ0) is 20.5. The molecule has 0 aliphatic carbocycles. The highest BCUT2D eigenvalue weighted by molar-refractivity contribution is 7.09. The molecule has 0 spiro atoms. The molecule has 3 aromatic rings. The van der Waals surface area contributed by atoms with Gasteiger partial charge in [0.1, 0.15) is 12.4 Å². The van der Waals surface area contributed by atoms with E-state index in [4.69, 9.17) is 0 Å². The minimum Gasteiger partial charge on any atom is -0.388 e. The minimum absolute atomic E-state index is 0.437. The molecule has 1 unspecified atom stereocenters. The van der Waals surface area contributed by atoms with Crippen molar-refractivity contribution in [2.45, 2.75) is 32.4 Å². The zero-order valence-corrected chi connectivity index (χ0v) is 17.7. The van der Waals surface area contributed by atoms with Gasteiger partial charge in [0, 0.05) is 25.0 Å². The molecule has 154 valence electrons. The number of aromatic nitrogens is 3. The average molecular weight is 413 g/mol. The first-order valence-corrected chi connectivity index (χ1v) is 10.6. The predicted octanol–water partition coefficient (Wildman–Crippen LogP) is 2.59. The third-order valence-corrected chi connectivity index (χ3v) is 5.64. The standard InChI is InChI=1S/C21H28N6OS/c1-16-25-26-20(27(16)2)15-24-21(22-12-10-18-9-6-14-29-18)23-13-11-19(28)17-7-4-3-5-8-17/h3-9,14,19,28H,10-13,15H2,1-2H3,(H2,22,23,24). The van der Waals surface area contributed by atoms with E-state index in [0.717, 1.165) is 30.2 Å². The Bertz CT molecular complexity index is 891. The van der Waals surface area contributed by atoms with Crippen molar-refractivity contribution in [3.63, 3.8) is 0 Å². The van der Waals surface area contributed by atoms with Gasteiger partial charge in [-0.1, -0.05) is 36.4 Å². The Balaban J connectivity index is 1.55. The SMILES string of the molecule is Cc1nnc(CN=C(NCCc2cccs2)NCCC(O)c2ccccc2)n1C. The lowest BCUT2D eigenvalue weighted by Crippen LogP contribution is -2.39. The predicted molar refractivity (Wildman–Crippen MR) is 117 cm³/mol. The van der Waals surface area contributed by atoms with Gasteiger partial charge in [0.15, 0.2) is 11.8 Å². The summed E-state index contributed by atoms with van der Waals surface area (Å²) in [4.78, 5) is 5.98. The van der Waals surface area contributed by atoms with Crippen LogP contribution in [0, 0.1) is 6.92 Å². The number of nitrogens with one attached hydrogen (secondary N) is 2. The van der Waals surface area contributed by atoms with Crippen molar-refractivity contribution in [2.75, 3.05) is 13.1 Å². The summed E-state index contributed by atoms with van der Waals surface area (Å²) in [6.07, 6.45) is 1.03. The fourth-order valence-corrected chi connectivity index (χ4v) is 3.55. The molecule has 2 aromatic heterocycles. The summed E-state index contributed by atoms with van der Waals surface area (Å²) >= 11 is 1.75. The molecule has 0 saturated heterocycles. The third kappa shape index (κ3) is 6.40. The summed E-state index contributed by atoms with van der Waals surface area (Å²) in [6, 6.07) is 13.9. The van der Waals surface area contributed by atoms with E-state index < -0.39 is 6.10 Å². The average Bonchev–Trinajstić information content (AvgIpc) is 3.37. The van der Waals surface area contributed by atoms with Crippen LogP contribution in [0.4, 0.5) is 0 Å². The summed E-state index contributed by atoms with van der Waals surface area (Å²) in [5, 5.41) is 27.4. The molecule has 3 rings (SSSR count). The highest BCUT2D eigenvalue weighted by atomic mass is 32.1. The van der Waals surface area contributed by atoms with Crippen molar-refractivity contribution in [3.05, 3.63) is 69.9 Å². The molecule has 0 amide bonds. The first kappa shape index (κ1) is 21.0. The van der Waals surface area contributed by atoms with Gasteiger partial charge in [-0.25, -0.2) is 4.99 Å². The van der Waals surface area contributed by atoms with E-state index in [2.05, 4.69) is 43.3 Å². The van der Waals surface area contributed by atoms with E-state index in [9.17, 15) is 5.11 Å². The Labute approximate surface area is 175 Å². The largest absolute Gasteiger partial charge is 0.388 e. The van der Waals surface area contributed by atoms with Gasteiger partial charge in [-0.2, -0.15) is 0 Å². The van der Waals surface area contributed by atoms with Crippen molar-refractivity contribution >= 4 is 17.3 Å². The summed E-state index contributed by atoms with van der Waals surface area (Å²) in [5.74, 6) is 2.38. The fourth-order valence-electron chi connectivity index (χ4n) is 2.84. The molecule has 1 aromatic carbocycles. The summed E-state index contributed by atoms with van der Waals surface area (Å²) < 4.78 is 1.94. The molecule has 0 aliphatic rings. The van der Waals surface area contributed by atoms with E-state index in [1.807, 2.05) is 48.9 Å². The topological polar surface area (TPSA) is 87.4 Å². The van der Waals surface area contributed by atoms with Crippen LogP contribution in [0.5, 0.6) is 0 Å². The lowest BCUT2D eigenvalue weighted by molar-refractivity contribution is 0.168. The number of aryl methyl sites for hydroxylation is 1. The van der Waals surface area contributed by atoms with E-state index in [-0.39, 0.29) is 0 Å². The maximum Gasteiger partial charge on any atom is 0.191 e. The molecule has 7 nitrogen and oxygen atoms in total. The van der Waals surface area contributed by atoms with Gasteiger partial charge < -0.3 is 20.3 Å². The highest BCUT2D eigenvalue weighted by Gasteiger charge is 2.08. The van der Waals surface area contributed by atoms with Crippen LogP contribution in [0.15, 0.2) is 52.8 Å². The first-order chi connectivity index (χ1) is 14.1. The summed E-state index contributed by atoms with van der Waals surface area (Å²) in [6.45, 7) is 3.75. The van der Waals surface area contributed by atoms with Gasteiger partial charge in [-0.15, -0.1) is 21.5 Å².